The summed E-state index contributed by atoms with van der Waals surface area (Å²) in [4.78, 5) is 0. The number of aromatic nitrogens is 2. The molecule has 0 saturated carbocycles. The highest BCUT2D eigenvalue weighted by Crippen LogP contribution is 2.06. The second-order valence-corrected chi connectivity index (χ2v) is 3.24. The lowest BCUT2D eigenvalue weighted by molar-refractivity contribution is 0.545. The fourth-order valence-electron chi connectivity index (χ4n) is 0.517. The Labute approximate surface area is 63.3 Å². The van der Waals surface area contributed by atoms with Crippen LogP contribution in [0.1, 0.15) is 5.69 Å². The van der Waals surface area contributed by atoms with Gasteiger partial charge in [0.2, 0.25) is 5.03 Å². The van der Waals surface area contributed by atoms with Crippen molar-refractivity contribution in [2.45, 2.75) is 11.9 Å². The second-order valence-electron chi connectivity index (χ2n) is 1.95. The molecule has 0 radical (unpaired) electrons. The summed E-state index contributed by atoms with van der Waals surface area (Å²) in [5.41, 5.74) is 0.539. The summed E-state index contributed by atoms with van der Waals surface area (Å²) in [5.74, 6) is 0. The summed E-state index contributed by atoms with van der Waals surface area (Å²) in [5, 5.41) is 5.86. The number of rotatable bonds is 1. The average Bonchev–Trinajstić information content (AvgIpc) is 1.86. The molecule has 0 spiro atoms. The summed E-state index contributed by atoms with van der Waals surface area (Å²) in [6.45, 7) is 1.63. The van der Waals surface area contributed by atoms with Gasteiger partial charge in [-0.3, -0.25) is 0 Å². The zero-order valence-corrected chi connectivity index (χ0v) is 6.47. The van der Waals surface area contributed by atoms with Crippen LogP contribution in [0, 0.1) is 6.92 Å². The largest absolute Gasteiger partial charge is 0.351 e. The van der Waals surface area contributed by atoms with Crippen LogP contribution in [0.15, 0.2) is 17.2 Å². The number of nitrogens with zero attached hydrogens (tertiary/aromatic N) is 2. The van der Waals surface area contributed by atoms with E-state index < -0.39 is 15.2 Å². The Balaban J connectivity index is 3.20. The van der Waals surface area contributed by atoms with Crippen LogP contribution in [-0.4, -0.2) is 18.6 Å². The van der Waals surface area contributed by atoms with Crippen LogP contribution >= 0.6 is 0 Å². The molecule has 0 unspecified atom stereocenters. The van der Waals surface area contributed by atoms with E-state index in [9.17, 15) is 12.3 Å². The van der Waals surface area contributed by atoms with Crippen molar-refractivity contribution < 1.29 is 12.3 Å². The van der Waals surface area contributed by atoms with E-state index in [1.807, 2.05) is 0 Å². The fourth-order valence-corrected chi connectivity index (χ4v) is 0.886. The molecule has 0 aliphatic rings. The predicted octanol–water partition coefficient (Wildman–Crippen LogP) is 0.443. The Kier molecular flexibility index (Phi) is 1.86. The molecule has 0 bridgehead atoms. The van der Waals surface area contributed by atoms with E-state index in [4.69, 9.17) is 0 Å². The normalized spacial score (nSPS) is 11.5. The Hall–Kier alpha value is -1.04. The molecule has 0 aliphatic heterocycles. The van der Waals surface area contributed by atoms with Crippen molar-refractivity contribution in [3.05, 3.63) is 17.8 Å². The molecule has 6 heteroatoms. The molecular weight excluding hydrogens is 171 g/mol. The van der Waals surface area contributed by atoms with E-state index in [1.165, 1.54) is 6.07 Å². The lowest BCUT2D eigenvalue weighted by Crippen LogP contribution is -1.98. The Morgan fingerprint density at radius 3 is 2.36 bits per heavy atom. The minimum Gasteiger partial charge on any atom is -0.188 e. The van der Waals surface area contributed by atoms with Crippen LogP contribution in [0.2, 0.25) is 0 Å². The molecule has 0 amide bonds. The third-order valence-electron chi connectivity index (χ3n) is 1.02. The van der Waals surface area contributed by atoms with Crippen LogP contribution in [-0.2, 0) is 10.2 Å². The van der Waals surface area contributed by atoms with Gasteiger partial charge in [-0.25, -0.2) is 0 Å². The zero-order chi connectivity index (χ0) is 8.48. The van der Waals surface area contributed by atoms with Gasteiger partial charge in [0.05, 0.1) is 5.69 Å². The molecular formula is C5H5FN2O2S. The molecule has 0 aliphatic carbocycles. The molecule has 0 N–H and O–H groups in total. The molecule has 1 heterocycles. The summed E-state index contributed by atoms with van der Waals surface area (Å²) >= 11 is 0. The maximum Gasteiger partial charge on any atom is 0.351 e. The van der Waals surface area contributed by atoms with Crippen molar-refractivity contribution >= 4 is 10.2 Å². The van der Waals surface area contributed by atoms with Crippen LogP contribution in [0.25, 0.3) is 0 Å². The van der Waals surface area contributed by atoms with Gasteiger partial charge < -0.3 is 0 Å². The van der Waals surface area contributed by atoms with Crippen LogP contribution in [0.3, 0.4) is 0 Å². The highest BCUT2D eigenvalue weighted by Gasteiger charge is 2.12. The van der Waals surface area contributed by atoms with E-state index in [0.717, 1.165) is 6.07 Å². The van der Waals surface area contributed by atoms with Gasteiger partial charge in [0.25, 0.3) is 0 Å². The smallest absolute Gasteiger partial charge is 0.188 e. The SMILES string of the molecule is Cc1ccc(S(=O)(=O)F)nn1. The molecule has 60 valence electrons. The quantitative estimate of drug-likeness (QED) is 0.582. The van der Waals surface area contributed by atoms with Crippen LogP contribution in [0.4, 0.5) is 3.89 Å². The van der Waals surface area contributed by atoms with Crippen molar-refractivity contribution in [1.82, 2.24) is 10.2 Å². The molecule has 0 saturated heterocycles. The van der Waals surface area contributed by atoms with Gasteiger partial charge >= 0.3 is 10.2 Å². The Bertz CT molecular complexity index is 345. The van der Waals surface area contributed by atoms with Gasteiger partial charge in [0.15, 0.2) is 0 Å². The number of hydrogen-bond donors (Lipinski definition) is 0. The molecule has 1 rings (SSSR count). The topological polar surface area (TPSA) is 59.9 Å². The molecule has 1 aromatic rings. The van der Waals surface area contributed by atoms with E-state index in [1.54, 1.807) is 6.92 Å². The first-order chi connectivity index (χ1) is 5.00. The Morgan fingerprint density at radius 2 is 2.00 bits per heavy atom. The molecule has 0 aromatic carbocycles. The molecule has 0 fully saturated rings. The second kappa shape index (κ2) is 2.54. The minimum absolute atomic E-state index is 0.539. The lowest BCUT2D eigenvalue weighted by Gasteiger charge is -1.91. The van der Waals surface area contributed by atoms with E-state index >= 15 is 0 Å². The molecule has 4 nitrogen and oxygen atoms in total. The van der Waals surface area contributed by atoms with Crippen molar-refractivity contribution in [2.24, 2.45) is 0 Å². The third-order valence-corrected chi connectivity index (χ3v) is 1.74. The van der Waals surface area contributed by atoms with Gasteiger partial charge in [-0.2, -0.15) is 13.5 Å². The number of hydrogen-bond acceptors (Lipinski definition) is 4. The maximum absolute atomic E-state index is 12.1. The van der Waals surface area contributed by atoms with E-state index in [0.29, 0.717) is 5.69 Å². The first-order valence-electron chi connectivity index (χ1n) is 2.75. The maximum atomic E-state index is 12.1. The van der Waals surface area contributed by atoms with Gasteiger partial charge in [-0.15, -0.1) is 5.10 Å². The first kappa shape index (κ1) is 8.06. The van der Waals surface area contributed by atoms with Crippen molar-refractivity contribution in [3.63, 3.8) is 0 Å². The molecule has 0 atom stereocenters. The summed E-state index contributed by atoms with van der Waals surface area (Å²) in [6.07, 6.45) is 0. The predicted molar refractivity (Wildman–Crippen MR) is 35.1 cm³/mol. The summed E-state index contributed by atoms with van der Waals surface area (Å²) in [6, 6.07) is 2.44. The van der Waals surface area contributed by atoms with Gasteiger partial charge in [0, 0.05) is 0 Å². The van der Waals surface area contributed by atoms with Crippen molar-refractivity contribution in [3.8, 4) is 0 Å². The fraction of sp³-hybridized carbons (Fsp3) is 0.200. The number of halogens is 1. The summed E-state index contributed by atoms with van der Waals surface area (Å²) in [7, 11) is -4.69. The Morgan fingerprint density at radius 1 is 1.36 bits per heavy atom. The molecule has 1 aromatic heterocycles. The van der Waals surface area contributed by atoms with Crippen LogP contribution < -0.4 is 0 Å². The first-order valence-corrected chi connectivity index (χ1v) is 4.13. The standard InChI is InChI=1S/C5H5FN2O2S/c1-4-2-3-5(8-7-4)11(6,9)10/h2-3H,1H3. The molecule has 11 heavy (non-hydrogen) atoms. The highest BCUT2D eigenvalue weighted by molar-refractivity contribution is 7.86. The zero-order valence-electron chi connectivity index (χ0n) is 5.65. The van der Waals surface area contributed by atoms with Gasteiger partial charge in [-0.1, -0.05) is 3.89 Å². The third kappa shape index (κ3) is 1.94. The average molecular weight is 176 g/mol. The number of aryl methyl sites for hydroxylation is 1. The van der Waals surface area contributed by atoms with Gasteiger partial charge in [-0.05, 0) is 19.1 Å². The minimum atomic E-state index is -4.69. The van der Waals surface area contributed by atoms with Crippen LogP contribution in [0.5, 0.6) is 0 Å². The van der Waals surface area contributed by atoms with E-state index in [-0.39, 0.29) is 0 Å². The van der Waals surface area contributed by atoms with Crippen molar-refractivity contribution in [2.75, 3.05) is 0 Å². The van der Waals surface area contributed by atoms with Gasteiger partial charge in [0.1, 0.15) is 0 Å². The summed E-state index contributed by atoms with van der Waals surface area (Å²) < 4.78 is 32.5. The van der Waals surface area contributed by atoms with E-state index in [2.05, 4.69) is 10.2 Å². The lowest BCUT2D eigenvalue weighted by atomic mass is 10.4. The highest BCUT2D eigenvalue weighted by atomic mass is 32.3. The monoisotopic (exact) mass is 176 g/mol. The van der Waals surface area contributed by atoms with Crippen molar-refractivity contribution in [1.29, 1.82) is 0 Å².